The fraction of sp³-hybridized carbons (Fsp3) is 0.733. The van der Waals surface area contributed by atoms with E-state index in [1.807, 2.05) is 6.92 Å². The van der Waals surface area contributed by atoms with Crippen molar-refractivity contribution in [3.63, 3.8) is 0 Å². The van der Waals surface area contributed by atoms with Crippen molar-refractivity contribution < 1.29 is 0 Å². The summed E-state index contributed by atoms with van der Waals surface area (Å²) in [5.41, 5.74) is 3.50. The van der Waals surface area contributed by atoms with Crippen molar-refractivity contribution in [3.8, 4) is 0 Å². The van der Waals surface area contributed by atoms with Gasteiger partial charge in [-0.1, -0.05) is 34.1 Å². The number of nitrogens with one attached hydrogen (secondary N) is 2. The van der Waals surface area contributed by atoms with Crippen molar-refractivity contribution in [2.45, 2.75) is 72.3 Å². The number of hydrazine groups is 1. The van der Waals surface area contributed by atoms with E-state index in [4.69, 9.17) is 10.8 Å². The molecule has 5 nitrogen and oxygen atoms in total. The Hall–Kier alpha value is -1.36. The molecule has 1 rings (SSSR count). The summed E-state index contributed by atoms with van der Waals surface area (Å²) < 4.78 is 0. The average molecular weight is 279 g/mol. The Bertz CT molecular complexity index is 460. The predicted octanol–water partition coefficient (Wildman–Crippen LogP) is 3.36. The van der Waals surface area contributed by atoms with Crippen LogP contribution in [-0.2, 0) is 5.41 Å². The highest BCUT2D eigenvalue weighted by atomic mass is 15.3. The van der Waals surface area contributed by atoms with Crippen LogP contribution in [-0.4, -0.2) is 15.5 Å². The molecule has 0 aliphatic rings. The predicted molar refractivity (Wildman–Crippen MR) is 85.9 cm³/mol. The lowest BCUT2D eigenvalue weighted by Gasteiger charge is -2.29. The molecular weight excluding hydrogens is 250 g/mol. The smallest absolute Gasteiger partial charge is 0.148 e. The third-order valence-electron chi connectivity index (χ3n) is 3.29. The molecule has 0 saturated carbocycles. The molecule has 0 aliphatic heterocycles. The maximum Gasteiger partial charge on any atom is 0.148 e. The molecule has 0 bridgehead atoms. The van der Waals surface area contributed by atoms with Crippen molar-refractivity contribution in [1.82, 2.24) is 9.97 Å². The largest absolute Gasteiger partial charge is 0.365 e. The first-order valence-corrected chi connectivity index (χ1v) is 7.24. The Morgan fingerprint density at radius 1 is 1.05 bits per heavy atom. The minimum Gasteiger partial charge on any atom is -0.365 e. The van der Waals surface area contributed by atoms with E-state index in [0.29, 0.717) is 5.82 Å². The Kier molecular flexibility index (Phi) is 4.97. The van der Waals surface area contributed by atoms with Gasteiger partial charge in [-0.05, 0) is 27.2 Å². The highest BCUT2D eigenvalue weighted by Gasteiger charge is 2.24. The van der Waals surface area contributed by atoms with Crippen molar-refractivity contribution >= 4 is 11.6 Å². The van der Waals surface area contributed by atoms with E-state index < -0.39 is 0 Å². The van der Waals surface area contributed by atoms with Gasteiger partial charge in [0.25, 0.3) is 0 Å². The number of rotatable bonds is 5. The average Bonchev–Trinajstić information content (AvgIpc) is 2.29. The van der Waals surface area contributed by atoms with Crippen molar-refractivity contribution in [3.05, 3.63) is 11.4 Å². The molecule has 0 atom stereocenters. The van der Waals surface area contributed by atoms with Gasteiger partial charge >= 0.3 is 0 Å². The van der Waals surface area contributed by atoms with Crippen molar-refractivity contribution in [2.24, 2.45) is 5.84 Å². The molecule has 0 amide bonds. The van der Waals surface area contributed by atoms with Crippen LogP contribution in [0.5, 0.6) is 0 Å². The molecule has 0 aromatic carbocycles. The highest BCUT2D eigenvalue weighted by molar-refractivity contribution is 5.58. The van der Waals surface area contributed by atoms with Gasteiger partial charge in [-0.3, -0.25) is 0 Å². The molecule has 4 N–H and O–H groups in total. The van der Waals surface area contributed by atoms with Crippen LogP contribution in [0.2, 0.25) is 0 Å². The van der Waals surface area contributed by atoms with E-state index in [-0.39, 0.29) is 11.0 Å². The number of anilines is 2. The first kappa shape index (κ1) is 16.7. The Labute approximate surface area is 122 Å². The second kappa shape index (κ2) is 5.95. The molecule has 0 unspecified atom stereocenters. The lowest BCUT2D eigenvalue weighted by Crippen LogP contribution is -2.32. The van der Waals surface area contributed by atoms with Crippen LogP contribution in [0.1, 0.15) is 65.8 Å². The topological polar surface area (TPSA) is 75.9 Å². The molecule has 114 valence electrons. The SMILES string of the molecule is CCCC(C)(C)Nc1nc(C(C)(C)C)nc(NN)c1C. The normalized spacial score (nSPS) is 12.4. The first-order chi connectivity index (χ1) is 9.10. The summed E-state index contributed by atoms with van der Waals surface area (Å²) in [6.45, 7) is 14.8. The molecule has 1 aromatic rings. The summed E-state index contributed by atoms with van der Waals surface area (Å²) in [7, 11) is 0. The summed E-state index contributed by atoms with van der Waals surface area (Å²) in [5.74, 6) is 7.91. The molecule has 5 heteroatoms. The van der Waals surface area contributed by atoms with Crippen molar-refractivity contribution in [2.75, 3.05) is 10.7 Å². The van der Waals surface area contributed by atoms with Gasteiger partial charge in [-0.2, -0.15) is 0 Å². The number of nitrogens with zero attached hydrogens (tertiary/aromatic N) is 2. The van der Waals surface area contributed by atoms with Gasteiger partial charge in [0.2, 0.25) is 0 Å². The highest BCUT2D eigenvalue weighted by Crippen LogP contribution is 2.28. The first-order valence-electron chi connectivity index (χ1n) is 7.24. The zero-order valence-electron chi connectivity index (χ0n) is 13.9. The number of hydrogen-bond donors (Lipinski definition) is 3. The number of nitrogen functional groups attached to an aromatic ring is 1. The third-order valence-corrected chi connectivity index (χ3v) is 3.29. The fourth-order valence-corrected chi connectivity index (χ4v) is 2.12. The van der Waals surface area contributed by atoms with Crippen LogP contribution in [0.4, 0.5) is 11.6 Å². The lowest BCUT2D eigenvalue weighted by molar-refractivity contribution is 0.504. The van der Waals surface area contributed by atoms with Gasteiger partial charge in [-0.25, -0.2) is 15.8 Å². The Morgan fingerprint density at radius 2 is 1.60 bits per heavy atom. The van der Waals surface area contributed by atoms with Crippen LogP contribution < -0.4 is 16.6 Å². The Balaban J connectivity index is 3.24. The summed E-state index contributed by atoms with van der Waals surface area (Å²) >= 11 is 0. The van der Waals surface area contributed by atoms with Gasteiger partial charge in [0.15, 0.2) is 0 Å². The minimum atomic E-state index is -0.120. The van der Waals surface area contributed by atoms with Gasteiger partial charge in [-0.15, -0.1) is 0 Å². The van der Waals surface area contributed by atoms with Crippen LogP contribution in [0.15, 0.2) is 0 Å². The standard InChI is InChI=1S/C15H29N5/c1-8-9-15(6,7)19-11-10(2)12(20-16)18-13(17-11)14(3,4)5/h8-9,16H2,1-7H3,(H2,17,18,19,20). The van der Waals surface area contributed by atoms with E-state index in [2.05, 4.69) is 57.3 Å². The number of nitrogens with two attached hydrogens (primary N) is 1. The van der Waals surface area contributed by atoms with Crippen LogP contribution in [0.25, 0.3) is 0 Å². The van der Waals surface area contributed by atoms with E-state index >= 15 is 0 Å². The quantitative estimate of drug-likeness (QED) is 0.569. The van der Waals surface area contributed by atoms with Gasteiger partial charge < -0.3 is 10.7 Å². The van der Waals surface area contributed by atoms with Gasteiger partial charge in [0.1, 0.15) is 17.5 Å². The zero-order valence-corrected chi connectivity index (χ0v) is 13.9. The molecule has 0 spiro atoms. The molecule has 1 heterocycles. The lowest BCUT2D eigenvalue weighted by atomic mass is 9.95. The van der Waals surface area contributed by atoms with E-state index in [1.54, 1.807) is 0 Å². The van der Waals surface area contributed by atoms with Crippen LogP contribution in [0.3, 0.4) is 0 Å². The summed E-state index contributed by atoms with van der Waals surface area (Å²) in [5, 5.41) is 3.53. The monoisotopic (exact) mass is 279 g/mol. The van der Waals surface area contributed by atoms with E-state index in [9.17, 15) is 0 Å². The van der Waals surface area contributed by atoms with Crippen molar-refractivity contribution in [1.29, 1.82) is 0 Å². The Morgan fingerprint density at radius 3 is 2.05 bits per heavy atom. The second-order valence-electron chi connectivity index (χ2n) is 7.02. The van der Waals surface area contributed by atoms with Gasteiger partial charge in [0.05, 0.1) is 0 Å². The molecule has 0 fully saturated rings. The maximum atomic E-state index is 5.59. The summed E-state index contributed by atoms with van der Waals surface area (Å²) in [4.78, 5) is 9.21. The fourth-order valence-electron chi connectivity index (χ4n) is 2.12. The summed E-state index contributed by atoms with van der Waals surface area (Å²) in [6.07, 6.45) is 2.20. The molecular formula is C15H29N5. The maximum absolute atomic E-state index is 5.59. The van der Waals surface area contributed by atoms with Gasteiger partial charge in [0, 0.05) is 16.5 Å². The minimum absolute atomic E-state index is 0.00507. The number of aromatic nitrogens is 2. The van der Waals surface area contributed by atoms with E-state index in [0.717, 1.165) is 30.0 Å². The third kappa shape index (κ3) is 4.07. The van der Waals surface area contributed by atoms with Crippen LogP contribution >= 0.6 is 0 Å². The second-order valence-corrected chi connectivity index (χ2v) is 7.02. The molecule has 0 radical (unpaired) electrons. The molecule has 20 heavy (non-hydrogen) atoms. The molecule has 1 aromatic heterocycles. The zero-order chi connectivity index (χ0) is 15.6. The van der Waals surface area contributed by atoms with Crippen LogP contribution in [0, 0.1) is 6.92 Å². The molecule has 0 saturated heterocycles. The number of hydrogen-bond acceptors (Lipinski definition) is 5. The molecule has 0 aliphatic carbocycles. The summed E-state index contributed by atoms with van der Waals surface area (Å²) in [6, 6.07) is 0. The van der Waals surface area contributed by atoms with E-state index in [1.165, 1.54) is 0 Å².